The third kappa shape index (κ3) is 5.15. The second-order valence-corrected chi connectivity index (χ2v) is 9.91. The molecule has 188 valence electrons. The number of oxazole rings is 1. The third-order valence-electron chi connectivity index (χ3n) is 5.97. The zero-order chi connectivity index (χ0) is 25.9. The number of hydrogen-bond acceptors (Lipinski definition) is 9. The lowest BCUT2D eigenvalue weighted by Gasteiger charge is -2.28. The fourth-order valence-electron chi connectivity index (χ4n) is 4.05. The minimum atomic E-state index is -1.07. The highest BCUT2D eigenvalue weighted by Crippen LogP contribution is 2.36. The number of halogens is 1. The van der Waals surface area contributed by atoms with Gasteiger partial charge in [-0.05, 0) is 31.2 Å². The first-order valence-corrected chi connectivity index (χ1v) is 12.6. The average molecular weight is 537 g/mol. The van der Waals surface area contributed by atoms with Crippen LogP contribution in [0.15, 0.2) is 47.2 Å². The van der Waals surface area contributed by atoms with Crippen LogP contribution in [0.3, 0.4) is 0 Å². The van der Waals surface area contributed by atoms with Crippen LogP contribution < -0.4 is 9.64 Å². The van der Waals surface area contributed by atoms with Gasteiger partial charge in [0.1, 0.15) is 38.9 Å². The number of morpholine rings is 1. The second kappa shape index (κ2) is 10.6. The van der Waals surface area contributed by atoms with Gasteiger partial charge in [0.25, 0.3) is 0 Å². The first-order valence-electron chi connectivity index (χ1n) is 11.4. The standard InChI is InChI=1S/C26H21ClN4O5S/c1-15-23(29-14-36-15)19-11-21(16-2-4-18(5-3-16)31-6-8-34-9-7-31)30-25(20(19)12-28)35-13-17-10-22(26(32)33)37-24(17)27/h2-5,10-11,14H,6-9,13H2,1H3,(H,32,33). The maximum atomic E-state index is 11.3. The zero-order valence-corrected chi connectivity index (χ0v) is 21.3. The summed E-state index contributed by atoms with van der Waals surface area (Å²) in [6, 6.07) is 13.4. The summed E-state index contributed by atoms with van der Waals surface area (Å²) in [5, 5.41) is 19.3. The molecular weight excluding hydrogens is 516 g/mol. The minimum absolute atomic E-state index is 0.0546. The molecule has 1 aliphatic heterocycles. The van der Waals surface area contributed by atoms with Crippen molar-refractivity contribution in [3.05, 3.63) is 68.9 Å². The number of benzene rings is 1. The topological polar surface area (TPSA) is 122 Å². The lowest BCUT2D eigenvalue weighted by atomic mass is 10.0. The molecule has 5 rings (SSSR count). The summed E-state index contributed by atoms with van der Waals surface area (Å²) in [4.78, 5) is 22.6. The average Bonchev–Trinajstić information content (AvgIpc) is 3.52. The van der Waals surface area contributed by atoms with Gasteiger partial charge in [0.05, 0.1) is 18.9 Å². The van der Waals surface area contributed by atoms with E-state index < -0.39 is 5.97 Å². The maximum absolute atomic E-state index is 11.3. The van der Waals surface area contributed by atoms with Gasteiger partial charge < -0.3 is 23.9 Å². The number of rotatable bonds is 7. The number of nitrogens with zero attached hydrogens (tertiary/aromatic N) is 4. The highest BCUT2D eigenvalue weighted by molar-refractivity contribution is 7.18. The summed E-state index contributed by atoms with van der Waals surface area (Å²) < 4.78 is 17.1. The van der Waals surface area contributed by atoms with Gasteiger partial charge in [-0.25, -0.2) is 14.8 Å². The predicted molar refractivity (Wildman–Crippen MR) is 138 cm³/mol. The molecule has 0 amide bonds. The van der Waals surface area contributed by atoms with Gasteiger partial charge in [-0.1, -0.05) is 23.7 Å². The number of thiophene rings is 1. The Hall–Kier alpha value is -3.91. The van der Waals surface area contributed by atoms with Crippen LogP contribution in [-0.4, -0.2) is 47.3 Å². The number of pyridine rings is 1. The van der Waals surface area contributed by atoms with E-state index in [1.807, 2.05) is 24.3 Å². The summed E-state index contributed by atoms with van der Waals surface area (Å²) in [5.74, 6) is -0.427. The quantitative estimate of drug-likeness (QED) is 0.330. The number of hydrogen-bond donors (Lipinski definition) is 1. The van der Waals surface area contributed by atoms with Crippen LogP contribution in [0.1, 0.15) is 26.6 Å². The van der Waals surface area contributed by atoms with E-state index in [0.29, 0.717) is 45.8 Å². The Kier molecular flexibility index (Phi) is 7.10. The summed E-state index contributed by atoms with van der Waals surface area (Å²) in [6.45, 7) is 4.76. The minimum Gasteiger partial charge on any atom is -0.477 e. The molecule has 11 heteroatoms. The Balaban J connectivity index is 1.53. The van der Waals surface area contributed by atoms with E-state index in [1.165, 1.54) is 12.5 Å². The lowest BCUT2D eigenvalue weighted by Crippen LogP contribution is -2.36. The summed E-state index contributed by atoms with van der Waals surface area (Å²) in [6.07, 6.45) is 1.32. The van der Waals surface area contributed by atoms with Crippen LogP contribution in [0.2, 0.25) is 4.34 Å². The van der Waals surface area contributed by atoms with Crippen molar-refractivity contribution in [3.63, 3.8) is 0 Å². The predicted octanol–water partition coefficient (Wildman–Crippen LogP) is 5.41. The molecule has 0 radical (unpaired) electrons. The van der Waals surface area contributed by atoms with Crippen LogP contribution in [0.5, 0.6) is 5.88 Å². The number of aryl methyl sites for hydroxylation is 1. The largest absolute Gasteiger partial charge is 0.477 e. The van der Waals surface area contributed by atoms with Crippen molar-refractivity contribution in [2.24, 2.45) is 0 Å². The SMILES string of the molecule is Cc1ocnc1-c1cc(-c2ccc(N3CCOCC3)cc2)nc(OCc2cc(C(=O)O)sc2Cl)c1C#N. The molecule has 0 saturated carbocycles. The van der Waals surface area contributed by atoms with E-state index in [2.05, 4.69) is 20.9 Å². The van der Waals surface area contributed by atoms with E-state index >= 15 is 0 Å². The van der Waals surface area contributed by atoms with Crippen molar-refractivity contribution in [2.75, 3.05) is 31.2 Å². The van der Waals surface area contributed by atoms with Crippen LogP contribution in [0, 0.1) is 18.3 Å². The Morgan fingerprint density at radius 2 is 2.03 bits per heavy atom. The number of aromatic carboxylic acids is 1. The molecule has 1 fully saturated rings. The zero-order valence-electron chi connectivity index (χ0n) is 19.7. The molecule has 3 aromatic heterocycles. The van der Waals surface area contributed by atoms with Gasteiger partial charge in [0, 0.05) is 35.5 Å². The van der Waals surface area contributed by atoms with E-state index in [9.17, 15) is 15.2 Å². The maximum Gasteiger partial charge on any atom is 0.345 e. The fraction of sp³-hybridized carbons (Fsp3) is 0.231. The van der Waals surface area contributed by atoms with E-state index in [0.717, 1.165) is 35.7 Å². The molecule has 0 aliphatic carbocycles. The molecule has 1 aliphatic rings. The molecule has 1 aromatic carbocycles. The van der Waals surface area contributed by atoms with Crippen molar-refractivity contribution in [2.45, 2.75) is 13.5 Å². The Morgan fingerprint density at radius 3 is 2.65 bits per heavy atom. The number of carboxylic acid groups (broad SMARTS) is 1. The molecule has 1 saturated heterocycles. The highest BCUT2D eigenvalue weighted by atomic mass is 35.5. The molecule has 0 bridgehead atoms. The third-order valence-corrected chi connectivity index (χ3v) is 7.40. The highest BCUT2D eigenvalue weighted by Gasteiger charge is 2.21. The van der Waals surface area contributed by atoms with E-state index in [4.69, 9.17) is 25.5 Å². The molecule has 0 atom stereocenters. The molecule has 4 heterocycles. The van der Waals surface area contributed by atoms with Crippen molar-refractivity contribution < 1.29 is 23.8 Å². The van der Waals surface area contributed by atoms with Gasteiger partial charge in [-0.3, -0.25) is 0 Å². The number of nitriles is 1. The van der Waals surface area contributed by atoms with Gasteiger partial charge >= 0.3 is 5.97 Å². The van der Waals surface area contributed by atoms with Crippen LogP contribution in [0.25, 0.3) is 22.5 Å². The van der Waals surface area contributed by atoms with Crippen molar-refractivity contribution >= 4 is 34.6 Å². The molecule has 0 spiro atoms. The summed E-state index contributed by atoms with van der Waals surface area (Å²) in [7, 11) is 0. The van der Waals surface area contributed by atoms with Gasteiger partial charge in [-0.2, -0.15) is 5.26 Å². The molecule has 0 unspecified atom stereocenters. The number of carboxylic acids is 1. The number of anilines is 1. The van der Waals surface area contributed by atoms with Crippen LogP contribution >= 0.6 is 22.9 Å². The molecular formula is C26H21ClN4O5S. The van der Waals surface area contributed by atoms with E-state index in [1.54, 1.807) is 13.0 Å². The fourth-order valence-corrected chi connectivity index (χ4v) is 5.14. The van der Waals surface area contributed by atoms with Gasteiger partial charge in [0.2, 0.25) is 5.88 Å². The van der Waals surface area contributed by atoms with Gasteiger partial charge in [-0.15, -0.1) is 11.3 Å². The second-order valence-electron chi connectivity index (χ2n) is 8.25. The smallest absolute Gasteiger partial charge is 0.345 e. The summed E-state index contributed by atoms with van der Waals surface area (Å²) in [5.41, 5.74) is 4.22. The van der Waals surface area contributed by atoms with Crippen molar-refractivity contribution in [3.8, 4) is 34.5 Å². The Bertz CT molecular complexity index is 1490. The number of aromatic nitrogens is 2. The van der Waals surface area contributed by atoms with Crippen LogP contribution in [-0.2, 0) is 11.3 Å². The molecule has 9 nitrogen and oxygen atoms in total. The van der Waals surface area contributed by atoms with Crippen molar-refractivity contribution in [1.82, 2.24) is 9.97 Å². The van der Waals surface area contributed by atoms with Gasteiger partial charge in [0.15, 0.2) is 6.39 Å². The van der Waals surface area contributed by atoms with Crippen molar-refractivity contribution in [1.29, 1.82) is 5.26 Å². The number of carbonyl (C=O) groups is 1. The molecule has 4 aromatic rings. The number of ether oxygens (including phenoxy) is 2. The molecule has 1 N–H and O–H groups in total. The van der Waals surface area contributed by atoms with Crippen LogP contribution in [0.4, 0.5) is 5.69 Å². The van der Waals surface area contributed by atoms with E-state index in [-0.39, 0.29) is 22.9 Å². The first-order chi connectivity index (χ1) is 17.9. The Labute approximate surface area is 221 Å². The molecule has 37 heavy (non-hydrogen) atoms. The summed E-state index contributed by atoms with van der Waals surface area (Å²) >= 11 is 7.17. The normalized spacial score (nSPS) is 13.4. The monoisotopic (exact) mass is 536 g/mol. The first kappa shape index (κ1) is 24.8. The lowest BCUT2D eigenvalue weighted by molar-refractivity contribution is 0.0702. The Morgan fingerprint density at radius 1 is 1.27 bits per heavy atom.